The van der Waals surface area contributed by atoms with Gasteiger partial charge >= 0.3 is 0 Å². The Kier molecular flexibility index (Phi) is 10.8. The first-order valence-electron chi connectivity index (χ1n) is 16.7. The highest BCUT2D eigenvalue weighted by atomic mass is 31.1. The van der Waals surface area contributed by atoms with Gasteiger partial charge in [-0.15, -0.1) is 0 Å². The Bertz CT molecular complexity index is 1880. The van der Waals surface area contributed by atoms with Gasteiger partial charge in [-0.25, -0.2) is 0 Å². The Hall–Kier alpha value is -5.14. The molecule has 0 radical (unpaired) electrons. The summed E-state index contributed by atoms with van der Waals surface area (Å²) in [5, 5.41) is 1.02. The Morgan fingerprint density at radius 1 is 0.549 bits per heavy atom. The predicted molar refractivity (Wildman–Crippen MR) is 201 cm³/mol. The van der Waals surface area contributed by atoms with E-state index in [1.165, 1.54) is 0 Å². The molecule has 0 N–H and O–H groups in total. The lowest BCUT2D eigenvalue weighted by molar-refractivity contribution is -0.119. The monoisotopic (exact) mass is 706 g/mol. The van der Waals surface area contributed by atoms with Crippen molar-refractivity contribution in [3.05, 3.63) is 102 Å². The topological polar surface area (TPSA) is 98.2 Å². The lowest BCUT2D eigenvalue weighted by atomic mass is 9.96. The molecule has 6 rings (SSSR count). The fourth-order valence-corrected chi connectivity index (χ4v) is 10.6. The molecule has 2 atom stereocenters. The van der Waals surface area contributed by atoms with Crippen LogP contribution in [0.3, 0.4) is 0 Å². The van der Waals surface area contributed by atoms with Gasteiger partial charge in [-0.05, 0) is 54.5 Å². The molecule has 0 spiro atoms. The zero-order valence-corrected chi connectivity index (χ0v) is 31.2. The highest BCUT2D eigenvalue weighted by Gasteiger charge is 2.44. The van der Waals surface area contributed by atoms with Crippen molar-refractivity contribution < 1.29 is 33.2 Å². The summed E-state index contributed by atoms with van der Waals surface area (Å²) in [7, 11) is 8.48. The number of aryl methyl sites for hydroxylation is 2. The average molecular weight is 707 g/mol. The van der Waals surface area contributed by atoms with Crippen LogP contribution in [0.15, 0.2) is 78.9 Å². The maximum absolute atomic E-state index is 13.9. The van der Waals surface area contributed by atoms with E-state index in [2.05, 4.69) is 12.1 Å². The summed E-state index contributed by atoms with van der Waals surface area (Å²) < 4.78 is 35.5. The molecule has 1 fully saturated rings. The molecule has 2 aromatic heterocycles. The van der Waals surface area contributed by atoms with Crippen LogP contribution in [0, 0.1) is 13.8 Å². The summed E-state index contributed by atoms with van der Waals surface area (Å²) >= 11 is 0. The van der Waals surface area contributed by atoms with Crippen LogP contribution in [0.2, 0.25) is 0 Å². The minimum absolute atomic E-state index is 0.175. The molecular weight excluding hydrogens is 663 g/mol. The van der Waals surface area contributed by atoms with Crippen molar-refractivity contribution in [2.24, 2.45) is 0 Å². The fraction of sp³-hybridized carbons (Fsp3) is 0.293. The maximum atomic E-state index is 13.9. The number of nitrogens with zero attached hydrogens (tertiary/aromatic N) is 2. The van der Waals surface area contributed by atoms with Gasteiger partial charge in [0.05, 0.1) is 53.8 Å². The zero-order valence-electron chi connectivity index (χ0n) is 30.3. The lowest BCUT2D eigenvalue weighted by Crippen LogP contribution is -2.27. The molecular formula is C41H43N2O7P. The third-order valence-electron chi connectivity index (χ3n) is 9.28. The van der Waals surface area contributed by atoms with Crippen molar-refractivity contribution in [1.82, 2.24) is 9.97 Å². The first kappa shape index (κ1) is 35.7. The SMILES string of the molecule is COc1cc(OC)c(-c2cccc(-c3c(OC)cc(OC)cc3OC)c2P2C(c3cccc(C)n3)CC(=O)CC2c2cccc(C)n2)c(OC)c1. The van der Waals surface area contributed by atoms with E-state index in [-0.39, 0.29) is 17.1 Å². The second kappa shape index (κ2) is 15.4. The molecule has 1 aliphatic rings. The molecule has 264 valence electrons. The Labute approximate surface area is 300 Å². The number of aromatic nitrogens is 2. The standard InChI is InChI=1S/C41H43N2O7P/c1-24-12-9-16-31(42-24)37-18-26(44)19-38(32-17-10-13-25(2)43-32)51(37)41-29(39-33(47-5)20-27(45-3)21-34(39)48-6)14-11-15-30(41)40-35(49-7)22-28(46-4)23-36(40)50-8/h9-17,20-23,37-38H,18-19H2,1-8H3. The summed E-state index contributed by atoms with van der Waals surface area (Å²) in [6.45, 7) is 3.96. The minimum Gasteiger partial charge on any atom is -0.496 e. The second-order valence-corrected chi connectivity index (χ2v) is 14.8. The number of carbonyl (C=O) groups is 1. The van der Waals surface area contributed by atoms with Gasteiger partial charge in [0.1, 0.15) is 40.3 Å². The van der Waals surface area contributed by atoms with Gasteiger partial charge in [0.2, 0.25) is 0 Å². The lowest BCUT2D eigenvalue weighted by Gasteiger charge is -2.40. The smallest absolute Gasteiger partial charge is 0.134 e. The molecule has 0 amide bonds. The van der Waals surface area contributed by atoms with Gasteiger partial charge in [-0.1, -0.05) is 38.3 Å². The maximum Gasteiger partial charge on any atom is 0.134 e. The summed E-state index contributed by atoms with van der Waals surface area (Å²) in [6, 6.07) is 25.7. The zero-order chi connectivity index (χ0) is 36.2. The van der Waals surface area contributed by atoms with Crippen LogP contribution in [0.4, 0.5) is 0 Å². The number of rotatable bonds is 11. The highest BCUT2D eigenvalue weighted by Crippen LogP contribution is 2.68. The normalized spacial score (nSPS) is 17.1. The Morgan fingerprint density at radius 3 is 1.25 bits per heavy atom. The minimum atomic E-state index is -1.31. The van der Waals surface area contributed by atoms with Crippen LogP contribution in [0.25, 0.3) is 22.3 Å². The van der Waals surface area contributed by atoms with Crippen molar-refractivity contribution in [3.8, 4) is 56.8 Å². The van der Waals surface area contributed by atoms with Crippen LogP contribution in [0.1, 0.15) is 46.9 Å². The predicted octanol–water partition coefficient (Wildman–Crippen LogP) is 8.43. The third-order valence-corrected chi connectivity index (χ3v) is 12.5. The molecule has 0 bridgehead atoms. The molecule has 1 saturated heterocycles. The first-order valence-corrected chi connectivity index (χ1v) is 18.1. The van der Waals surface area contributed by atoms with E-state index < -0.39 is 7.92 Å². The number of ketones is 1. The fourth-order valence-electron chi connectivity index (χ4n) is 7.00. The van der Waals surface area contributed by atoms with E-state index in [0.717, 1.165) is 50.3 Å². The number of hydrogen-bond donors (Lipinski definition) is 0. The molecule has 9 nitrogen and oxygen atoms in total. The number of ether oxygens (including phenoxy) is 6. The van der Waals surface area contributed by atoms with E-state index in [1.54, 1.807) is 42.7 Å². The molecule has 3 heterocycles. The molecule has 3 aromatic carbocycles. The van der Waals surface area contributed by atoms with Gasteiger partial charge < -0.3 is 28.4 Å². The van der Waals surface area contributed by atoms with Crippen LogP contribution in [-0.2, 0) is 4.79 Å². The summed E-state index contributed by atoms with van der Waals surface area (Å²) in [5.41, 5.74) is 6.33. The van der Waals surface area contributed by atoms with Crippen molar-refractivity contribution in [1.29, 1.82) is 0 Å². The summed E-state index contributed by atoms with van der Waals surface area (Å²) in [5.74, 6) is 3.69. The number of benzene rings is 3. The number of methoxy groups -OCH3 is 6. The quantitative estimate of drug-likeness (QED) is 0.125. The number of Topliss-reactive ketones (excluding diaryl/α,β-unsaturated/α-hetero) is 1. The van der Waals surface area contributed by atoms with Gasteiger partial charge in [0.15, 0.2) is 0 Å². The van der Waals surface area contributed by atoms with Gasteiger partial charge in [-0.2, -0.15) is 0 Å². The molecule has 1 aliphatic heterocycles. The van der Waals surface area contributed by atoms with Crippen molar-refractivity contribution in [3.63, 3.8) is 0 Å². The van der Waals surface area contributed by atoms with Gasteiger partial charge in [-0.3, -0.25) is 14.8 Å². The first-order chi connectivity index (χ1) is 24.7. The van der Waals surface area contributed by atoms with Crippen LogP contribution >= 0.6 is 7.92 Å². The molecule has 2 unspecified atom stereocenters. The van der Waals surface area contributed by atoms with E-state index in [1.807, 2.05) is 80.6 Å². The molecule has 5 aromatic rings. The number of hydrogen-bond acceptors (Lipinski definition) is 9. The van der Waals surface area contributed by atoms with E-state index in [0.29, 0.717) is 47.3 Å². The molecule has 0 aliphatic carbocycles. The van der Waals surface area contributed by atoms with Crippen molar-refractivity contribution >= 4 is 19.0 Å². The van der Waals surface area contributed by atoms with Crippen LogP contribution < -0.4 is 33.7 Å². The molecule has 0 saturated carbocycles. The summed E-state index contributed by atoms with van der Waals surface area (Å²) in [6.07, 6.45) is 0.679. The number of carbonyl (C=O) groups excluding carboxylic acids is 1. The van der Waals surface area contributed by atoms with E-state index in [4.69, 9.17) is 38.4 Å². The molecule has 10 heteroatoms. The van der Waals surface area contributed by atoms with E-state index >= 15 is 0 Å². The third kappa shape index (κ3) is 6.95. The van der Waals surface area contributed by atoms with Crippen molar-refractivity contribution in [2.75, 3.05) is 42.7 Å². The van der Waals surface area contributed by atoms with Gasteiger partial charge in [0, 0.05) is 71.2 Å². The largest absolute Gasteiger partial charge is 0.496 e. The van der Waals surface area contributed by atoms with E-state index in [9.17, 15) is 4.79 Å². The van der Waals surface area contributed by atoms with Gasteiger partial charge in [0.25, 0.3) is 0 Å². The average Bonchev–Trinajstić information content (AvgIpc) is 3.16. The molecule has 51 heavy (non-hydrogen) atoms. The highest BCUT2D eigenvalue weighted by molar-refractivity contribution is 7.67. The van der Waals surface area contributed by atoms with Crippen molar-refractivity contribution in [2.45, 2.75) is 38.0 Å². The summed E-state index contributed by atoms with van der Waals surface area (Å²) in [4.78, 5) is 24.0. The second-order valence-electron chi connectivity index (χ2n) is 12.3. The number of pyridine rings is 2. The Balaban J connectivity index is 1.80. The van der Waals surface area contributed by atoms with Crippen LogP contribution in [-0.4, -0.2) is 58.4 Å². The Morgan fingerprint density at radius 2 is 0.922 bits per heavy atom. The van der Waals surface area contributed by atoms with Crippen LogP contribution in [0.5, 0.6) is 34.5 Å².